The Morgan fingerprint density at radius 3 is 3.21 bits per heavy atom. The summed E-state index contributed by atoms with van der Waals surface area (Å²) in [5.41, 5.74) is 5.55. The summed E-state index contributed by atoms with van der Waals surface area (Å²) in [6.45, 7) is 4.24. The molecule has 5 heteroatoms. The summed E-state index contributed by atoms with van der Waals surface area (Å²) in [5, 5.41) is 1.08. The van der Waals surface area contributed by atoms with Crippen LogP contribution in [0.5, 0.6) is 0 Å². The molecule has 78 valence electrons. The topological polar surface area (TPSA) is 51.4 Å². The van der Waals surface area contributed by atoms with Crippen molar-refractivity contribution in [2.45, 2.75) is 13.0 Å². The van der Waals surface area contributed by atoms with Gasteiger partial charge in [-0.15, -0.1) is 11.3 Å². The van der Waals surface area contributed by atoms with Crippen LogP contribution in [-0.4, -0.2) is 31.3 Å². The highest BCUT2D eigenvalue weighted by molar-refractivity contribution is 7.15. The number of anilines is 1. The zero-order valence-electron chi connectivity index (χ0n) is 8.11. The van der Waals surface area contributed by atoms with Crippen LogP contribution in [-0.2, 0) is 11.3 Å². The minimum absolute atomic E-state index is 0.585. The normalized spacial score (nSPS) is 18.2. The predicted octanol–water partition coefficient (Wildman–Crippen LogP) is 0.828. The molecule has 14 heavy (non-hydrogen) atoms. The third-order valence-corrected chi connectivity index (χ3v) is 3.32. The Labute approximate surface area is 87.7 Å². The first-order chi connectivity index (χ1) is 6.90. The average Bonchev–Trinajstić information content (AvgIpc) is 2.53. The number of thiazole rings is 1. The van der Waals surface area contributed by atoms with Crippen LogP contribution in [0, 0.1) is 0 Å². The van der Waals surface area contributed by atoms with Crippen LogP contribution in [0.25, 0.3) is 0 Å². The molecule has 1 aromatic rings. The molecule has 1 saturated heterocycles. The van der Waals surface area contributed by atoms with Crippen molar-refractivity contribution < 1.29 is 4.74 Å². The van der Waals surface area contributed by atoms with E-state index in [4.69, 9.17) is 10.5 Å². The summed E-state index contributed by atoms with van der Waals surface area (Å²) in [6, 6.07) is 0. The minimum Gasteiger partial charge on any atom is -0.380 e. The first kappa shape index (κ1) is 9.89. The smallest absolute Gasteiger partial charge is 0.185 e. The molecule has 2 heterocycles. The Hall–Kier alpha value is -0.650. The highest BCUT2D eigenvalue weighted by atomic mass is 32.1. The molecule has 2 rings (SSSR count). The molecule has 0 atom stereocenters. The SMILES string of the molecule is NCc1cnc(N2CCCOCC2)s1. The first-order valence-corrected chi connectivity index (χ1v) is 5.69. The molecule has 0 spiro atoms. The first-order valence-electron chi connectivity index (χ1n) is 4.87. The third kappa shape index (κ3) is 2.23. The molecule has 1 aliphatic rings. The second kappa shape index (κ2) is 4.72. The van der Waals surface area contributed by atoms with E-state index in [0.717, 1.165) is 42.7 Å². The van der Waals surface area contributed by atoms with Crippen molar-refractivity contribution in [1.82, 2.24) is 4.98 Å². The van der Waals surface area contributed by atoms with Gasteiger partial charge in [0.1, 0.15) is 0 Å². The van der Waals surface area contributed by atoms with Crippen molar-refractivity contribution in [2.24, 2.45) is 5.73 Å². The molecule has 0 bridgehead atoms. The molecule has 2 N–H and O–H groups in total. The van der Waals surface area contributed by atoms with Crippen molar-refractivity contribution in [3.8, 4) is 0 Å². The molecule has 1 aromatic heterocycles. The maximum atomic E-state index is 5.55. The minimum atomic E-state index is 0.585. The van der Waals surface area contributed by atoms with E-state index in [1.807, 2.05) is 6.20 Å². The number of nitrogens with zero attached hydrogens (tertiary/aromatic N) is 2. The highest BCUT2D eigenvalue weighted by Crippen LogP contribution is 2.22. The van der Waals surface area contributed by atoms with Crippen molar-refractivity contribution >= 4 is 16.5 Å². The van der Waals surface area contributed by atoms with Gasteiger partial charge >= 0.3 is 0 Å². The maximum absolute atomic E-state index is 5.55. The lowest BCUT2D eigenvalue weighted by atomic mass is 10.4. The molecule has 0 unspecified atom stereocenters. The van der Waals surface area contributed by atoms with Crippen LogP contribution in [0.1, 0.15) is 11.3 Å². The van der Waals surface area contributed by atoms with Crippen molar-refractivity contribution in [3.63, 3.8) is 0 Å². The lowest BCUT2D eigenvalue weighted by Gasteiger charge is -2.17. The zero-order valence-corrected chi connectivity index (χ0v) is 8.92. The van der Waals surface area contributed by atoms with Gasteiger partial charge in [0.15, 0.2) is 5.13 Å². The lowest BCUT2D eigenvalue weighted by molar-refractivity contribution is 0.152. The Bertz CT molecular complexity index is 281. The molecule has 0 saturated carbocycles. The summed E-state index contributed by atoms with van der Waals surface area (Å²) in [7, 11) is 0. The highest BCUT2D eigenvalue weighted by Gasteiger charge is 2.12. The van der Waals surface area contributed by atoms with Crippen LogP contribution < -0.4 is 10.6 Å². The van der Waals surface area contributed by atoms with Crippen molar-refractivity contribution in [1.29, 1.82) is 0 Å². The molecule has 1 fully saturated rings. The van der Waals surface area contributed by atoms with E-state index in [0.29, 0.717) is 6.54 Å². The second-order valence-corrected chi connectivity index (χ2v) is 4.36. The van der Waals surface area contributed by atoms with E-state index >= 15 is 0 Å². The second-order valence-electron chi connectivity index (χ2n) is 3.27. The molecule has 0 amide bonds. The molecule has 1 aliphatic heterocycles. The summed E-state index contributed by atoms with van der Waals surface area (Å²) in [5.74, 6) is 0. The van der Waals surface area contributed by atoms with Crippen molar-refractivity contribution in [2.75, 3.05) is 31.2 Å². The fraction of sp³-hybridized carbons (Fsp3) is 0.667. The van der Waals surface area contributed by atoms with Crippen molar-refractivity contribution in [3.05, 3.63) is 11.1 Å². The van der Waals surface area contributed by atoms with Crippen LogP contribution >= 0.6 is 11.3 Å². The monoisotopic (exact) mass is 213 g/mol. The maximum Gasteiger partial charge on any atom is 0.185 e. The largest absolute Gasteiger partial charge is 0.380 e. The summed E-state index contributed by atoms with van der Waals surface area (Å²) in [4.78, 5) is 7.78. The van der Waals surface area contributed by atoms with Crippen LogP contribution in [0.2, 0.25) is 0 Å². The Morgan fingerprint density at radius 1 is 1.50 bits per heavy atom. The Balaban J connectivity index is 2.04. The zero-order chi connectivity index (χ0) is 9.80. The van der Waals surface area contributed by atoms with Gasteiger partial charge in [-0.2, -0.15) is 0 Å². The van der Waals surface area contributed by atoms with Gasteiger partial charge in [-0.3, -0.25) is 0 Å². The van der Waals surface area contributed by atoms with E-state index in [9.17, 15) is 0 Å². The van der Waals surface area contributed by atoms with Gasteiger partial charge in [-0.25, -0.2) is 4.98 Å². The molecular weight excluding hydrogens is 198 g/mol. The number of aromatic nitrogens is 1. The fourth-order valence-electron chi connectivity index (χ4n) is 1.48. The van der Waals surface area contributed by atoms with E-state index in [-0.39, 0.29) is 0 Å². The van der Waals surface area contributed by atoms with E-state index in [1.54, 1.807) is 11.3 Å². The summed E-state index contributed by atoms with van der Waals surface area (Å²) in [6.07, 6.45) is 2.95. The van der Waals surface area contributed by atoms with Gasteiger partial charge in [-0.05, 0) is 6.42 Å². The van der Waals surface area contributed by atoms with E-state index < -0.39 is 0 Å². The standard InChI is InChI=1S/C9H15N3OS/c10-6-8-7-11-9(14-8)12-2-1-4-13-5-3-12/h7H,1-6,10H2. The van der Waals surface area contributed by atoms with Gasteiger partial charge in [0.2, 0.25) is 0 Å². The molecule has 0 radical (unpaired) electrons. The predicted molar refractivity (Wildman–Crippen MR) is 57.7 cm³/mol. The summed E-state index contributed by atoms with van der Waals surface area (Å²) >= 11 is 1.68. The lowest BCUT2D eigenvalue weighted by Crippen LogP contribution is -2.25. The van der Waals surface area contributed by atoms with Gasteiger partial charge in [0.05, 0.1) is 6.61 Å². The molecule has 4 nitrogen and oxygen atoms in total. The van der Waals surface area contributed by atoms with E-state index in [2.05, 4.69) is 9.88 Å². The molecule has 0 aliphatic carbocycles. The third-order valence-electron chi connectivity index (χ3n) is 2.24. The van der Waals surface area contributed by atoms with Crippen LogP contribution in [0.15, 0.2) is 6.20 Å². The summed E-state index contributed by atoms with van der Waals surface area (Å²) < 4.78 is 5.39. The quantitative estimate of drug-likeness (QED) is 0.790. The fourth-order valence-corrected chi connectivity index (χ4v) is 2.32. The van der Waals surface area contributed by atoms with Gasteiger partial charge in [0, 0.05) is 37.3 Å². The molecule has 0 aromatic carbocycles. The number of rotatable bonds is 2. The number of ether oxygens (including phenoxy) is 1. The van der Waals surface area contributed by atoms with Crippen LogP contribution in [0.3, 0.4) is 0 Å². The Morgan fingerprint density at radius 2 is 2.43 bits per heavy atom. The Kier molecular flexibility index (Phi) is 3.34. The average molecular weight is 213 g/mol. The molecular formula is C9H15N3OS. The van der Waals surface area contributed by atoms with Gasteiger partial charge in [-0.1, -0.05) is 0 Å². The van der Waals surface area contributed by atoms with E-state index in [1.165, 1.54) is 0 Å². The van der Waals surface area contributed by atoms with Crippen LogP contribution in [0.4, 0.5) is 5.13 Å². The number of hydrogen-bond acceptors (Lipinski definition) is 5. The number of hydrogen-bond donors (Lipinski definition) is 1. The van der Waals surface area contributed by atoms with Gasteiger partial charge < -0.3 is 15.4 Å². The van der Waals surface area contributed by atoms with Gasteiger partial charge in [0.25, 0.3) is 0 Å². The number of nitrogens with two attached hydrogens (primary N) is 1.